The molecule has 6 rings (SSSR count). The lowest BCUT2D eigenvalue weighted by molar-refractivity contribution is -0.118. The molecule has 0 spiro atoms. The molecule has 48 heavy (non-hydrogen) atoms. The molecule has 0 amide bonds. The normalized spacial score (nSPS) is 12.9. The number of fused-ring (bicyclic) bond motifs is 1. The zero-order chi connectivity index (χ0) is 33.5. The van der Waals surface area contributed by atoms with Crippen LogP contribution in [0.15, 0.2) is 127 Å². The number of carbonyl (C=O) groups is 1. The highest BCUT2D eigenvalue weighted by Gasteiger charge is 2.41. The molecular formula is C41H41N3O4. The summed E-state index contributed by atoms with van der Waals surface area (Å²) >= 11 is 0. The summed E-state index contributed by atoms with van der Waals surface area (Å²) in [4.78, 5) is 18.6. The van der Waals surface area contributed by atoms with Gasteiger partial charge in [-0.1, -0.05) is 128 Å². The molecule has 2 heterocycles. The summed E-state index contributed by atoms with van der Waals surface area (Å²) in [6.07, 6.45) is -0.0995. The first-order valence-corrected chi connectivity index (χ1v) is 16.4. The monoisotopic (exact) mass is 639 g/mol. The Labute approximate surface area is 281 Å². The van der Waals surface area contributed by atoms with Crippen LogP contribution >= 0.6 is 0 Å². The van der Waals surface area contributed by atoms with Gasteiger partial charge < -0.3 is 14.6 Å². The molecule has 0 aliphatic heterocycles. The van der Waals surface area contributed by atoms with Gasteiger partial charge in [0.2, 0.25) is 5.88 Å². The van der Waals surface area contributed by atoms with Crippen molar-refractivity contribution in [2.45, 2.75) is 50.9 Å². The molecule has 6 aromatic rings. The first kappa shape index (κ1) is 32.8. The van der Waals surface area contributed by atoms with Crippen molar-refractivity contribution in [1.29, 1.82) is 0 Å². The van der Waals surface area contributed by atoms with Gasteiger partial charge in [0.1, 0.15) is 11.3 Å². The number of carbonyl (C=O) groups excluding carboxylic acids is 1. The van der Waals surface area contributed by atoms with Crippen molar-refractivity contribution in [2.75, 3.05) is 13.7 Å². The highest BCUT2D eigenvalue weighted by molar-refractivity contribution is 5.89. The highest BCUT2D eigenvalue weighted by Crippen LogP contribution is 2.44. The standard InChI is InChI=1S/C41H41N3O4/c1-29(31-16-8-4-9-17-31)24-36(46)25-35-26-38-39(37(42-35)28-48-27-30(2)45)40(47-3)43-44(38)41(32-18-10-5-11-19-32,33-20-12-6-13-21-33)34-22-14-7-15-23-34/h4-23,26,29-30,45H,24-25,27-28H2,1-3H3/t29-,30?/m0/s1. The molecule has 0 saturated heterocycles. The van der Waals surface area contributed by atoms with Crippen LogP contribution in [-0.4, -0.2) is 45.5 Å². The Morgan fingerprint density at radius 1 is 0.812 bits per heavy atom. The van der Waals surface area contributed by atoms with Crippen LogP contribution in [-0.2, 0) is 28.1 Å². The van der Waals surface area contributed by atoms with Gasteiger partial charge in [0.25, 0.3) is 0 Å². The van der Waals surface area contributed by atoms with E-state index in [0.29, 0.717) is 29.1 Å². The first-order valence-electron chi connectivity index (χ1n) is 16.4. The lowest BCUT2D eigenvalue weighted by Gasteiger charge is -2.37. The fourth-order valence-corrected chi connectivity index (χ4v) is 6.57. The molecule has 0 aliphatic rings. The zero-order valence-corrected chi connectivity index (χ0v) is 27.6. The number of ketones is 1. The summed E-state index contributed by atoms with van der Waals surface area (Å²) in [7, 11) is 1.60. The van der Waals surface area contributed by atoms with E-state index in [0.717, 1.165) is 27.8 Å². The summed E-state index contributed by atoms with van der Waals surface area (Å²) in [5.74, 6) is 0.562. The van der Waals surface area contributed by atoms with Crippen molar-refractivity contribution in [3.05, 3.63) is 161 Å². The van der Waals surface area contributed by atoms with Gasteiger partial charge in [-0.2, -0.15) is 0 Å². The Morgan fingerprint density at radius 2 is 1.33 bits per heavy atom. The molecule has 7 nitrogen and oxygen atoms in total. The van der Waals surface area contributed by atoms with Gasteiger partial charge in [-0.15, -0.1) is 5.10 Å². The van der Waals surface area contributed by atoms with E-state index in [4.69, 9.17) is 19.6 Å². The maximum absolute atomic E-state index is 13.6. The van der Waals surface area contributed by atoms with Crippen molar-refractivity contribution in [2.24, 2.45) is 0 Å². The third-order valence-corrected chi connectivity index (χ3v) is 8.72. The van der Waals surface area contributed by atoms with E-state index in [9.17, 15) is 9.90 Å². The van der Waals surface area contributed by atoms with Crippen molar-refractivity contribution in [1.82, 2.24) is 14.8 Å². The number of aliphatic hydroxyl groups is 1. The van der Waals surface area contributed by atoms with Crippen molar-refractivity contribution >= 4 is 16.7 Å². The maximum atomic E-state index is 13.6. The van der Waals surface area contributed by atoms with E-state index in [2.05, 4.69) is 55.5 Å². The summed E-state index contributed by atoms with van der Waals surface area (Å²) in [6, 6.07) is 43.0. The number of ether oxygens (including phenoxy) is 2. The molecule has 0 bridgehead atoms. The van der Waals surface area contributed by atoms with Gasteiger partial charge in [-0.25, -0.2) is 4.68 Å². The van der Waals surface area contributed by atoms with Crippen molar-refractivity contribution < 1.29 is 19.4 Å². The van der Waals surface area contributed by atoms with Crippen LogP contribution in [0.5, 0.6) is 5.88 Å². The van der Waals surface area contributed by atoms with Gasteiger partial charge in [0.15, 0.2) is 0 Å². The molecular weight excluding hydrogens is 598 g/mol. The number of benzene rings is 4. The lowest BCUT2D eigenvalue weighted by atomic mass is 9.77. The SMILES string of the molecule is COc1nn(C(c2ccccc2)(c2ccccc2)c2ccccc2)c2cc(CC(=O)C[C@H](C)c3ccccc3)nc(COCC(C)O)c12. The topological polar surface area (TPSA) is 86.5 Å². The van der Waals surface area contributed by atoms with Crippen LogP contribution in [0.3, 0.4) is 0 Å². The maximum Gasteiger partial charge on any atom is 0.242 e. The Balaban J connectivity index is 1.58. The minimum absolute atomic E-state index is 0.0730. The third-order valence-electron chi connectivity index (χ3n) is 8.72. The second-order valence-corrected chi connectivity index (χ2v) is 12.3. The predicted octanol–water partition coefficient (Wildman–Crippen LogP) is 7.48. The fraction of sp³-hybridized carbons (Fsp3) is 0.244. The van der Waals surface area contributed by atoms with Crippen LogP contribution < -0.4 is 4.74 Å². The average Bonchev–Trinajstić information content (AvgIpc) is 3.49. The van der Waals surface area contributed by atoms with E-state index in [1.807, 2.05) is 83.5 Å². The number of aliphatic hydroxyl groups excluding tert-OH is 1. The Morgan fingerprint density at radius 3 is 1.83 bits per heavy atom. The van der Waals surface area contributed by atoms with Gasteiger partial charge in [-0.3, -0.25) is 9.78 Å². The highest BCUT2D eigenvalue weighted by atomic mass is 16.5. The van der Waals surface area contributed by atoms with Gasteiger partial charge in [0, 0.05) is 12.8 Å². The van der Waals surface area contributed by atoms with Gasteiger partial charge in [-0.05, 0) is 41.2 Å². The minimum Gasteiger partial charge on any atom is -0.479 e. The second-order valence-electron chi connectivity index (χ2n) is 12.3. The molecule has 4 aromatic carbocycles. The molecule has 244 valence electrons. The Kier molecular flexibility index (Phi) is 10.1. The van der Waals surface area contributed by atoms with Crippen LogP contribution in [0, 0.1) is 0 Å². The Hall–Kier alpha value is -5.11. The number of rotatable bonds is 14. The Bertz CT molecular complexity index is 1850. The number of Topliss-reactive ketones (excluding diaryl/α,β-unsaturated/α-hetero) is 1. The van der Waals surface area contributed by atoms with E-state index in [-0.39, 0.29) is 31.3 Å². The largest absolute Gasteiger partial charge is 0.479 e. The van der Waals surface area contributed by atoms with Crippen LogP contribution in [0.25, 0.3) is 10.9 Å². The first-order chi connectivity index (χ1) is 23.4. The number of methoxy groups -OCH3 is 1. The van der Waals surface area contributed by atoms with Crippen LogP contribution in [0.1, 0.15) is 59.8 Å². The molecule has 0 fully saturated rings. The van der Waals surface area contributed by atoms with E-state index in [1.165, 1.54) is 0 Å². The molecule has 1 N–H and O–H groups in total. The molecule has 0 aliphatic carbocycles. The molecule has 0 radical (unpaired) electrons. The zero-order valence-electron chi connectivity index (χ0n) is 27.6. The molecule has 2 atom stereocenters. The minimum atomic E-state index is -0.916. The molecule has 1 unspecified atom stereocenters. The van der Waals surface area contributed by atoms with Crippen LogP contribution in [0.2, 0.25) is 0 Å². The molecule has 7 heteroatoms. The van der Waals surface area contributed by atoms with E-state index >= 15 is 0 Å². The van der Waals surface area contributed by atoms with Gasteiger partial charge in [0.05, 0.1) is 48.7 Å². The number of hydrogen-bond acceptors (Lipinski definition) is 6. The smallest absolute Gasteiger partial charge is 0.242 e. The predicted molar refractivity (Wildman–Crippen MR) is 188 cm³/mol. The number of pyridine rings is 1. The van der Waals surface area contributed by atoms with Gasteiger partial charge >= 0.3 is 0 Å². The van der Waals surface area contributed by atoms with Crippen molar-refractivity contribution in [3.63, 3.8) is 0 Å². The van der Waals surface area contributed by atoms with E-state index < -0.39 is 11.6 Å². The fourth-order valence-electron chi connectivity index (χ4n) is 6.57. The second kappa shape index (κ2) is 14.8. The van der Waals surface area contributed by atoms with Crippen LogP contribution in [0.4, 0.5) is 0 Å². The number of aromatic nitrogens is 3. The summed E-state index contributed by atoms with van der Waals surface area (Å²) < 4.78 is 13.9. The average molecular weight is 640 g/mol. The van der Waals surface area contributed by atoms with Crippen molar-refractivity contribution in [3.8, 4) is 5.88 Å². The molecule has 0 saturated carbocycles. The molecule has 2 aromatic heterocycles. The summed E-state index contributed by atoms with van der Waals surface area (Å²) in [5.41, 5.74) is 5.21. The summed E-state index contributed by atoms with van der Waals surface area (Å²) in [6.45, 7) is 4.01. The number of hydrogen-bond donors (Lipinski definition) is 1. The third kappa shape index (κ3) is 6.65. The lowest BCUT2D eigenvalue weighted by Crippen LogP contribution is -2.38. The number of nitrogens with zero attached hydrogens (tertiary/aromatic N) is 3. The quantitative estimate of drug-likeness (QED) is 0.124. The van der Waals surface area contributed by atoms with E-state index in [1.54, 1.807) is 14.0 Å². The summed E-state index contributed by atoms with van der Waals surface area (Å²) in [5, 5.41) is 15.8.